The summed E-state index contributed by atoms with van der Waals surface area (Å²) in [4.78, 5) is 2.54. The van der Waals surface area contributed by atoms with E-state index in [1.807, 2.05) is 0 Å². The molecule has 2 rings (SSSR count). The third kappa shape index (κ3) is 5.43. The molecule has 2 atom stereocenters. The summed E-state index contributed by atoms with van der Waals surface area (Å²) in [6, 6.07) is 0.752. The van der Waals surface area contributed by atoms with Gasteiger partial charge in [-0.2, -0.15) is 0 Å². The van der Waals surface area contributed by atoms with Crippen molar-refractivity contribution in [1.82, 2.24) is 10.2 Å². The van der Waals surface area contributed by atoms with Crippen molar-refractivity contribution < 1.29 is 0 Å². The molecule has 2 unspecified atom stereocenters. The van der Waals surface area contributed by atoms with Crippen molar-refractivity contribution in [2.75, 3.05) is 26.7 Å². The van der Waals surface area contributed by atoms with E-state index in [4.69, 9.17) is 0 Å². The standard InChI is InChI=1S/C17H34N2/c1-3-4-8-16-11-17(14-19(2)13-16)18-12-15-9-6-5-7-10-15/h15-18H,3-14H2,1-2H3. The van der Waals surface area contributed by atoms with Crippen LogP contribution in [0.4, 0.5) is 0 Å². The molecule has 0 aromatic carbocycles. The molecule has 0 aromatic rings. The van der Waals surface area contributed by atoms with Crippen molar-refractivity contribution in [3.05, 3.63) is 0 Å². The van der Waals surface area contributed by atoms with Gasteiger partial charge in [0.25, 0.3) is 0 Å². The summed E-state index contributed by atoms with van der Waals surface area (Å²) in [6.45, 7) is 6.17. The maximum atomic E-state index is 3.89. The Morgan fingerprint density at radius 1 is 1.05 bits per heavy atom. The molecule has 1 saturated carbocycles. The average molecular weight is 266 g/mol. The predicted octanol–water partition coefficient (Wildman–Crippen LogP) is 3.67. The first kappa shape index (κ1) is 15.3. The van der Waals surface area contributed by atoms with Crippen LogP contribution in [0.5, 0.6) is 0 Å². The molecule has 19 heavy (non-hydrogen) atoms. The second kappa shape index (κ2) is 8.26. The largest absolute Gasteiger partial charge is 0.312 e. The second-order valence-electron chi connectivity index (χ2n) is 7.07. The quantitative estimate of drug-likeness (QED) is 0.789. The van der Waals surface area contributed by atoms with Gasteiger partial charge in [-0.1, -0.05) is 39.0 Å². The smallest absolute Gasteiger partial charge is 0.0198 e. The van der Waals surface area contributed by atoms with Gasteiger partial charge in [-0.15, -0.1) is 0 Å². The highest BCUT2D eigenvalue weighted by Gasteiger charge is 2.25. The number of likely N-dealkylation sites (N-methyl/N-ethyl adjacent to an activating group) is 1. The Morgan fingerprint density at radius 2 is 1.84 bits per heavy atom. The first-order chi connectivity index (χ1) is 9.28. The Labute approximate surface area is 120 Å². The molecular formula is C17H34N2. The van der Waals surface area contributed by atoms with E-state index in [0.29, 0.717) is 0 Å². The van der Waals surface area contributed by atoms with Gasteiger partial charge < -0.3 is 10.2 Å². The third-order valence-electron chi connectivity index (χ3n) is 5.11. The van der Waals surface area contributed by atoms with Gasteiger partial charge in [-0.3, -0.25) is 0 Å². The summed E-state index contributed by atoms with van der Waals surface area (Å²) >= 11 is 0. The second-order valence-corrected chi connectivity index (χ2v) is 7.07. The highest BCUT2D eigenvalue weighted by Crippen LogP contribution is 2.24. The third-order valence-corrected chi connectivity index (χ3v) is 5.11. The summed E-state index contributed by atoms with van der Waals surface area (Å²) in [6.07, 6.45) is 12.9. The maximum absolute atomic E-state index is 3.89. The first-order valence-electron chi connectivity index (χ1n) is 8.69. The van der Waals surface area contributed by atoms with Crippen molar-refractivity contribution >= 4 is 0 Å². The lowest BCUT2D eigenvalue weighted by Crippen LogP contribution is -2.48. The Bertz CT molecular complexity index is 235. The molecule has 2 fully saturated rings. The molecule has 1 heterocycles. The molecule has 2 heteroatoms. The zero-order valence-electron chi connectivity index (χ0n) is 13.2. The van der Waals surface area contributed by atoms with E-state index in [1.54, 1.807) is 0 Å². The van der Waals surface area contributed by atoms with Gasteiger partial charge in [-0.25, -0.2) is 0 Å². The molecule has 1 aliphatic heterocycles. The molecule has 0 spiro atoms. The van der Waals surface area contributed by atoms with E-state index in [1.165, 1.54) is 77.4 Å². The van der Waals surface area contributed by atoms with Crippen molar-refractivity contribution in [2.45, 2.75) is 70.8 Å². The molecule has 2 aliphatic rings. The van der Waals surface area contributed by atoms with Crippen LogP contribution in [-0.2, 0) is 0 Å². The van der Waals surface area contributed by atoms with Crippen LogP contribution < -0.4 is 5.32 Å². The number of nitrogens with one attached hydrogen (secondary N) is 1. The zero-order valence-corrected chi connectivity index (χ0v) is 13.2. The normalized spacial score (nSPS) is 30.6. The first-order valence-corrected chi connectivity index (χ1v) is 8.69. The van der Waals surface area contributed by atoms with Gasteiger partial charge in [0.2, 0.25) is 0 Å². The molecule has 0 amide bonds. The Kier molecular flexibility index (Phi) is 6.66. The molecule has 1 saturated heterocycles. The van der Waals surface area contributed by atoms with Crippen LogP contribution in [0.3, 0.4) is 0 Å². The highest BCUT2D eigenvalue weighted by atomic mass is 15.1. The number of piperidine rings is 1. The lowest BCUT2D eigenvalue weighted by Gasteiger charge is -2.37. The molecule has 1 N–H and O–H groups in total. The Balaban J connectivity index is 1.69. The summed E-state index contributed by atoms with van der Waals surface area (Å²) in [5.41, 5.74) is 0. The summed E-state index contributed by atoms with van der Waals surface area (Å²) in [5, 5.41) is 3.89. The molecule has 2 nitrogen and oxygen atoms in total. The average Bonchev–Trinajstić information content (AvgIpc) is 2.43. The van der Waals surface area contributed by atoms with Gasteiger partial charge in [0.1, 0.15) is 0 Å². The van der Waals surface area contributed by atoms with E-state index < -0.39 is 0 Å². The topological polar surface area (TPSA) is 15.3 Å². The number of likely N-dealkylation sites (tertiary alicyclic amines) is 1. The molecular weight excluding hydrogens is 232 g/mol. The number of hydrogen-bond donors (Lipinski definition) is 1. The van der Waals surface area contributed by atoms with Crippen molar-refractivity contribution in [3.8, 4) is 0 Å². The van der Waals surface area contributed by atoms with E-state index in [2.05, 4.69) is 24.2 Å². The Hall–Kier alpha value is -0.0800. The van der Waals surface area contributed by atoms with Crippen LogP contribution in [0, 0.1) is 11.8 Å². The molecule has 0 aromatic heterocycles. The van der Waals surface area contributed by atoms with Crippen LogP contribution in [-0.4, -0.2) is 37.6 Å². The van der Waals surface area contributed by atoms with E-state index >= 15 is 0 Å². The molecule has 112 valence electrons. The fourth-order valence-electron chi connectivity index (χ4n) is 4.02. The summed E-state index contributed by atoms with van der Waals surface area (Å²) in [5.74, 6) is 1.90. The SMILES string of the molecule is CCCCC1CC(NCC2CCCCC2)CN(C)C1. The highest BCUT2D eigenvalue weighted by molar-refractivity contribution is 4.83. The lowest BCUT2D eigenvalue weighted by molar-refractivity contribution is 0.156. The fraction of sp³-hybridized carbons (Fsp3) is 1.00. The van der Waals surface area contributed by atoms with Gasteiger partial charge >= 0.3 is 0 Å². The number of unbranched alkanes of at least 4 members (excludes halogenated alkanes) is 1. The van der Waals surface area contributed by atoms with Gasteiger partial charge in [0.05, 0.1) is 0 Å². The summed E-state index contributed by atoms with van der Waals surface area (Å²) in [7, 11) is 2.30. The number of nitrogens with zero attached hydrogens (tertiary/aromatic N) is 1. The van der Waals surface area contributed by atoms with Gasteiger partial charge in [-0.05, 0) is 51.1 Å². The van der Waals surface area contributed by atoms with Gasteiger partial charge in [0.15, 0.2) is 0 Å². The number of hydrogen-bond acceptors (Lipinski definition) is 2. The van der Waals surface area contributed by atoms with E-state index in [9.17, 15) is 0 Å². The minimum atomic E-state index is 0.752. The molecule has 0 radical (unpaired) electrons. The van der Waals surface area contributed by atoms with Crippen LogP contribution in [0.1, 0.15) is 64.7 Å². The minimum absolute atomic E-state index is 0.752. The number of rotatable bonds is 6. The molecule has 1 aliphatic carbocycles. The van der Waals surface area contributed by atoms with Gasteiger partial charge in [0, 0.05) is 19.1 Å². The maximum Gasteiger partial charge on any atom is 0.0198 e. The monoisotopic (exact) mass is 266 g/mol. The van der Waals surface area contributed by atoms with Crippen LogP contribution in [0.15, 0.2) is 0 Å². The minimum Gasteiger partial charge on any atom is -0.312 e. The predicted molar refractivity (Wildman–Crippen MR) is 83.5 cm³/mol. The van der Waals surface area contributed by atoms with Crippen molar-refractivity contribution in [1.29, 1.82) is 0 Å². The summed E-state index contributed by atoms with van der Waals surface area (Å²) < 4.78 is 0. The van der Waals surface area contributed by atoms with Crippen molar-refractivity contribution in [3.63, 3.8) is 0 Å². The fourth-order valence-corrected chi connectivity index (χ4v) is 4.02. The van der Waals surface area contributed by atoms with Crippen molar-refractivity contribution in [2.24, 2.45) is 11.8 Å². The zero-order chi connectivity index (χ0) is 13.5. The van der Waals surface area contributed by atoms with Crippen LogP contribution in [0.2, 0.25) is 0 Å². The molecule has 0 bridgehead atoms. The lowest BCUT2D eigenvalue weighted by atomic mass is 9.87. The Morgan fingerprint density at radius 3 is 2.58 bits per heavy atom. The van der Waals surface area contributed by atoms with Crippen LogP contribution >= 0.6 is 0 Å². The van der Waals surface area contributed by atoms with E-state index in [-0.39, 0.29) is 0 Å². The van der Waals surface area contributed by atoms with E-state index in [0.717, 1.165) is 17.9 Å². The van der Waals surface area contributed by atoms with Crippen LogP contribution in [0.25, 0.3) is 0 Å².